The number of nitrogens with two attached hydrogens (primary N) is 1. The molecule has 0 radical (unpaired) electrons. The third kappa shape index (κ3) is 3.68. The molecule has 0 saturated carbocycles. The first-order valence-corrected chi connectivity index (χ1v) is 10.4. The van der Waals surface area contributed by atoms with E-state index in [0.717, 1.165) is 53.7 Å². The number of carbonyl (C=O) groups is 1. The minimum Gasteiger partial charge on any atom is -0.464 e. The van der Waals surface area contributed by atoms with E-state index in [2.05, 4.69) is 14.9 Å². The third-order valence-corrected chi connectivity index (χ3v) is 6.25. The van der Waals surface area contributed by atoms with Gasteiger partial charge in [0.25, 0.3) is 5.19 Å². The molecule has 7 nitrogen and oxygen atoms in total. The zero-order valence-corrected chi connectivity index (χ0v) is 16.5. The molecule has 148 valence electrons. The maximum absolute atomic E-state index is 11.3. The maximum atomic E-state index is 11.3. The van der Waals surface area contributed by atoms with Crippen LogP contribution in [0.2, 0.25) is 0 Å². The lowest BCUT2D eigenvalue weighted by Gasteiger charge is -2.30. The van der Waals surface area contributed by atoms with Gasteiger partial charge in [-0.2, -0.15) is 4.98 Å². The summed E-state index contributed by atoms with van der Waals surface area (Å²) in [7, 11) is 0. The lowest BCUT2D eigenvalue weighted by Crippen LogP contribution is -2.38. The number of amides is 1. The second-order valence-corrected chi connectivity index (χ2v) is 8.27. The fraction of sp³-hybridized carbons (Fsp3) is 0.286. The number of primary amides is 1. The SMILES string of the molecule is NC(=O)C1CCN(Cc2coc3cc(Oc4nc5ncccc5s4)ccc23)CC1. The maximum Gasteiger partial charge on any atom is 0.281 e. The number of likely N-dealkylation sites (tertiary alicyclic amines) is 1. The normalized spacial score (nSPS) is 15.9. The summed E-state index contributed by atoms with van der Waals surface area (Å²) < 4.78 is 12.7. The van der Waals surface area contributed by atoms with Crippen LogP contribution in [0.25, 0.3) is 21.3 Å². The van der Waals surface area contributed by atoms with Gasteiger partial charge in [0, 0.05) is 35.7 Å². The molecule has 0 bridgehead atoms. The molecule has 1 aromatic carbocycles. The van der Waals surface area contributed by atoms with E-state index >= 15 is 0 Å². The molecule has 1 amide bonds. The van der Waals surface area contributed by atoms with Crippen molar-refractivity contribution in [2.45, 2.75) is 19.4 Å². The Balaban J connectivity index is 1.30. The van der Waals surface area contributed by atoms with Crippen LogP contribution < -0.4 is 10.5 Å². The van der Waals surface area contributed by atoms with Crippen molar-refractivity contribution < 1.29 is 13.9 Å². The summed E-state index contributed by atoms with van der Waals surface area (Å²) in [5.74, 6) is 0.499. The zero-order valence-electron chi connectivity index (χ0n) is 15.7. The van der Waals surface area contributed by atoms with Crippen LogP contribution in [0.1, 0.15) is 18.4 Å². The number of pyridine rings is 1. The topological polar surface area (TPSA) is 94.5 Å². The van der Waals surface area contributed by atoms with Gasteiger partial charge in [-0.25, -0.2) is 4.98 Å². The lowest BCUT2D eigenvalue weighted by atomic mass is 9.96. The number of nitrogens with zero attached hydrogens (tertiary/aromatic N) is 3. The number of furan rings is 1. The van der Waals surface area contributed by atoms with Gasteiger partial charge in [-0.3, -0.25) is 9.69 Å². The Hall–Kier alpha value is -2.97. The summed E-state index contributed by atoms with van der Waals surface area (Å²) in [6.45, 7) is 2.53. The highest BCUT2D eigenvalue weighted by molar-refractivity contribution is 7.20. The number of thiazole rings is 1. The van der Waals surface area contributed by atoms with E-state index in [1.54, 1.807) is 12.5 Å². The number of hydrogen-bond acceptors (Lipinski definition) is 7. The molecular weight excluding hydrogens is 388 g/mol. The average Bonchev–Trinajstić information content (AvgIpc) is 3.31. The van der Waals surface area contributed by atoms with Crippen LogP contribution in [0.4, 0.5) is 0 Å². The number of fused-ring (bicyclic) bond motifs is 2. The Morgan fingerprint density at radius 1 is 1.31 bits per heavy atom. The molecule has 0 atom stereocenters. The summed E-state index contributed by atoms with van der Waals surface area (Å²) in [6, 6.07) is 9.70. The third-order valence-electron chi connectivity index (χ3n) is 5.36. The largest absolute Gasteiger partial charge is 0.464 e. The Kier molecular flexibility index (Phi) is 4.65. The molecule has 0 spiro atoms. The number of benzene rings is 1. The van der Waals surface area contributed by atoms with E-state index in [4.69, 9.17) is 14.9 Å². The standard InChI is InChI=1S/C21H20N4O3S/c22-19(26)13-5-8-25(9-6-13)11-14-12-27-17-10-15(3-4-16(14)17)28-21-24-20-18(29-21)2-1-7-23-20/h1-4,7,10,12-13H,5-6,8-9,11H2,(H2,22,26). The quantitative estimate of drug-likeness (QED) is 0.538. The molecule has 1 aliphatic rings. The second kappa shape index (κ2) is 7.46. The van der Waals surface area contributed by atoms with Crippen LogP contribution >= 0.6 is 11.3 Å². The fourth-order valence-corrected chi connectivity index (χ4v) is 4.55. The van der Waals surface area contributed by atoms with Crippen molar-refractivity contribution in [1.82, 2.24) is 14.9 Å². The van der Waals surface area contributed by atoms with Crippen LogP contribution in [0.3, 0.4) is 0 Å². The fourth-order valence-electron chi connectivity index (χ4n) is 3.76. The first-order valence-electron chi connectivity index (χ1n) is 9.57. The van der Waals surface area contributed by atoms with Crippen LogP contribution in [0, 0.1) is 5.92 Å². The number of piperidine rings is 1. The van der Waals surface area contributed by atoms with Gasteiger partial charge in [0.1, 0.15) is 11.3 Å². The summed E-state index contributed by atoms with van der Waals surface area (Å²) in [5.41, 5.74) is 8.03. The molecule has 8 heteroatoms. The van der Waals surface area contributed by atoms with Crippen LogP contribution in [0.5, 0.6) is 10.9 Å². The lowest BCUT2D eigenvalue weighted by molar-refractivity contribution is -0.123. The molecular formula is C21H20N4O3S. The van der Waals surface area contributed by atoms with Crippen LogP contribution in [-0.2, 0) is 11.3 Å². The van der Waals surface area contributed by atoms with Gasteiger partial charge in [0.05, 0.1) is 11.0 Å². The van der Waals surface area contributed by atoms with Crippen molar-refractivity contribution in [3.8, 4) is 10.9 Å². The zero-order chi connectivity index (χ0) is 19.8. The Morgan fingerprint density at radius 2 is 2.17 bits per heavy atom. The van der Waals surface area contributed by atoms with Gasteiger partial charge < -0.3 is 14.9 Å². The molecule has 1 saturated heterocycles. The van der Waals surface area contributed by atoms with Crippen LogP contribution in [-0.4, -0.2) is 33.9 Å². The number of rotatable bonds is 5. The molecule has 0 unspecified atom stereocenters. The smallest absolute Gasteiger partial charge is 0.281 e. The number of ether oxygens (including phenoxy) is 1. The highest BCUT2D eigenvalue weighted by Crippen LogP contribution is 2.33. The Bertz CT molecular complexity index is 1140. The predicted molar refractivity (Wildman–Crippen MR) is 111 cm³/mol. The summed E-state index contributed by atoms with van der Waals surface area (Å²) in [6.07, 6.45) is 5.16. The average molecular weight is 408 g/mol. The monoisotopic (exact) mass is 408 g/mol. The number of carbonyl (C=O) groups excluding carboxylic acids is 1. The molecule has 2 N–H and O–H groups in total. The number of hydrogen-bond donors (Lipinski definition) is 1. The summed E-state index contributed by atoms with van der Waals surface area (Å²) in [4.78, 5) is 22.3. The van der Waals surface area contributed by atoms with Gasteiger partial charge in [0.15, 0.2) is 5.65 Å². The van der Waals surface area contributed by atoms with Gasteiger partial charge in [-0.1, -0.05) is 11.3 Å². The molecule has 1 aliphatic heterocycles. The molecule has 4 heterocycles. The van der Waals surface area contributed by atoms with E-state index in [0.29, 0.717) is 16.6 Å². The molecule has 29 heavy (non-hydrogen) atoms. The van der Waals surface area contributed by atoms with Crippen LogP contribution in [0.15, 0.2) is 47.2 Å². The molecule has 1 fully saturated rings. The van der Waals surface area contributed by atoms with Crippen molar-refractivity contribution in [2.24, 2.45) is 11.7 Å². The van der Waals surface area contributed by atoms with E-state index < -0.39 is 0 Å². The first-order chi connectivity index (χ1) is 14.2. The minimum atomic E-state index is -0.185. The molecule has 5 rings (SSSR count). The summed E-state index contributed by atoms with van der Waals surface area (Å²) in [5, 5.41) is 1.63. The first kappa shape index (κ1) is 18.1. The molecule has 3 aromatic heterocycles. The Morgan fingerprint density at radius 3 is 2.97 bits per heavy atom. The van der Waals surface area contributed by atoms with E-state index in [-0.39, 0.29) is 11.8 Å². The van der Waals surface area contributed by atoms with Gasteiger partial charge >= 0.3 is 0 Å². The predicted octanol–water partition coefficient (Wildman–Crippen LogP) is 3.93. The van der Waals surface area contributed by atoms with Crippen molar-refractivity contribution in [2.75, 3.05) is 13.1 Å². The van der Waals surface area contributed by atoms with Crippen molar-refractivity contribution in [3.05, 3.63) is 48.4 Å². The van der Waals surface area contributed by atoms with Crippen molar-refractivity contribution in [3.63, 3.8) is 0 Å². The Labute approximate surface area is 171 Å². The van der Waals surface area contributed by atoms with E-state index in [1.807, 2.05) is 30.3 Å². The van der Waals surface area contributed by atoms with E-state index in [9.17, 15) is 4.79 Å². The summed E-state index contributed by atoms with van der Waals surface area (Å²) >= 11 is 1.46. The molecule has 0 aliphatic carbocycles. The van der Waals surface area contributed by atoms with E-state index in [1.165, 1.54) is 11.3 Å². The number of aromatic nitrogens is 2. The van der Waals surface area contributed by atoms with Gasteiger partial charge in [-0.05, 0) is 50.2 Å². The minimum absolute atomic E-state index is 0.00441. The van der Waals surface area contributed by atoms with Gasteiger partial charge in [0.2, 0.25) is 5.91 Å². The highest BCUT2D eigenvalue weighted by Gasteiger charge is 2.23. The second-order valence-electron chi connectivity index (χ2n) is 7.28. The highest BCUT2D eigenvalue weighted by atomic mass is 32.1. The van der Waals surface area contributed by atoms with Crippen molar-refractivity contribution in [1.29, 1.82) is 0 Å². The molecule has 4 aromatic rings. The van der Waals surface area contributed by atoms with Crippen molar-refractivity contribution >= 4 is 38.6 Å². The van der Waals surface area contributed by atoms with Gasteiger partial charge in [-0.15, -0.1) is 0 Å².